The van der Waals surface area contributed by atoms with Gasteiger partial charge in [0.2, 0.25) is 0 Å². The van der Waals surface area contributed by atoms with Crippen molar-refractivity contribution >= 4 is 27.7 Å². The van der Waals surface area contributed by atoms with Crippen LogP contribution in [0.4, 0.5) is 0 Å². The first-order valence-electron chi connectivity index (χ1n) is 5.13. The largest absolute Gasteiger partial charge is 0.295 e. The minimum atomic E-state index is 0.539. The molecule has 4 heteroatoms. The molecule has 0 aliphatic carbocycles. The van der Waals surface area contributed by atoms with Crippen LogP contribution in [0.5, 0.6) is 0 Å². The van der Waals surface area contributed by atoms with Crippen LogP contribution in [0, 0.1) is 0 Å². The molecule has 2 nitrogen and oxygen atoms in total. The van der Waals surface area contributed by atoms with Gasteiger partial charge in [-0.05, 0) is 24.3 Å². The van der Waals surface area contributed by atoms with E-state index >= 15 is 0 Å². The maximum atomic E-state index is 4.37. The van der Waals surface area contributed by atoms with Crippen molar-refractivity contribution in [1.82, 2.24) is 9.55 Å². The highest BCUT2D eigenvalue weighted by molar-refractivity contribution is 9.10. The van der Waals surface area contributed by atoms with E-state index in [0.717, 1.165) is 15.3 Å². The van der Waals surface area contributed by atoms with Gasteiger partial charge in [-0.15, -0.1) is 0 Å². The summed E-state index contributed by atoms with van der Waals surface area (Å²) < 4.78 is 3.20. The highest BCUT2D eigenvalue weighted by Gasteiger charge is 2.07. The van der Waals surface area contributed by atoms with Gasteiger partial charge in [0, 0.05) is 27.8 Å². The molecular formula is C12H13BrN2S. The van der Waals surface area contributed by atoms with Crippen LogP contribution in [0.1, 0.15) is 13.8 Å². The number of hydrogen-bond donors (Lipinski definition) is 0. The Morgan fingerprint density at radius 3 is 2.56 bits per heavy atom. The Hall–Kier alpha value is -0.740. The number of benzene rings is 1. The van der Waals surface area contributed by atoms with Gasteiger partial charge in [0.1, 0.15) is 0 Å². The normalized spacial score (nSPS) is 11.0. The molecule has 2 rings (SSSR count). The summed E-state index contributed by atoms with van der Waals surface area (Å²) in [7, 11) is 0. The molecule has 0 saturated heterocycles. The summed E-state index contributed by atoms with van der Waals surface area (Å²) in [5.74, 6) is 0. The van der Waals surface area contributed by atoms with Gasteiger partial charge in [-0.2, -0.15) is 0 Å². The van der Waals surface area contributed by atoms with E-state index in [1.54, 1.807) is 11.8 Å². The Bertz CT molecular complexity index is 462. The fourth-order valence-electron chi connectivity index (χ4n) is 1.39. The average molecular weight is 297 g/mol. The molecule has 0 bridgehead atoms. The van der Waals surface area contributed by atoms with Crippen LogP contribution in [0.15, 0.2) is 46.3 Å². The van der Waals surface area contributed by atoms with E-state index in [4.69, 9.17) is 0 Å². The van der Waals surface area contributed by atoms with Crippen LogP contribution in [-0.4, -0.2) is 14.8 Å². The summed E-state index contributed by atoms with van der Waals surface area (Å²) >= 11 is 5.21. The second kappa shape index (κ2) is 5.06. The molecule has 0 fully saturated rings. The number of halogens is 1. The topological polar surface area (TPSA) is 17.8 Å². The van der Waals surface area contributed by atoms with Crippen LogP contribution in [0.3, 0.4) is 0 Å². The third-order valence-electron chi connectivity index (χ3n) is 2.05. The number of imidazole rings is 1. The lowest BCUT2D eigenvalue weighted by Gasteiger charge is -2.09. The van der Waals surface area contributed by atoms with Crippen LogP contribution < -0.4 is 0 Å². The first-order chi connectivity index (χ1) is 7.66. The second-order valence-corrected chi connectivity index (χ2v) is 6.18. The van der Waals surface area contributed by atoms with Gasteiger partial charge >= 0.3 is 0 Å². The van der Waals surface area contributed by atoms with E-state index in [1.807, 2.05) is 24.5 Å². The minimum Gasteiger partial charge on any atom is -0.295 e. The van der Waals surface area contributed by atoms with E-state index in [2.05, 4.69) is 51.5 Å². The Labute approximate surface area is 108 Å². The quantitative estimate of drug-likeness (QED) is 0.793. The maximum Gasteiger partial charge on any atom is 0.172 e. The fourth-order valence-corrected chi connectivity index (χ4v) is 2.47. The Morgan fingerprint density at radius 2 is 1.94 bits per heavy atom. The van der Waals surface area contributed by atoms with Crippen LogP contribution in [-0.2, 0) is 0 Å². The Balaban J connectivity index is 2.33. The number of nitrogens with zero attached hydrogens (tertiary/aromatic N) is 2. The Morgan fingerprint density at radius 1 is 1.25 bits per heavy atom. The second-order valence-electron chi connectivity index (χ2n) is 3.72. The molecular weight excluding hydrogens is 284 g/mol. The molecule has 0 aliphatic rings. The monoisotopic (exact) mass is 296 g/mol. The third-order valence-corrected chi connectivity index (χ3v) is 3.57. The van der Waals surface area contributed by atoms with Crippen LogP contribution in [0.25, 0.3) is 5.69 Å². The molecule has 0 atom stereocenters. The lowest BCUT2D eigenvalue weighted by atomic mass is 10.3. The molecule has 0 radical (unpaired) electrons. The molecule has 0 N–H and O–H groups in total. The summed E-state index contributed by atoms with van der Waals surface area (Å²) in [6, 6.07) is 8.24. The standard InChI is InChI=1S/C12H13BrN2S/c1-9(2)16-12-14-7-8-15(12)11-5-3-10(13)4-6-11/h3-9H,1-2H3. The maximum absolute atomic E-state index is 4.37. The number of aromatic nitrogens is 2. The molecule has 0 saturated carbocycles. The highest BCUT2D eigenvalue weighted by Crippen LogP contribution is 2.24. The fraction of sp³-hybridized carbons (Fsp3) is 0.250. The van der Waals surface area contributed by atoms with Gasteiger partial charge in [-0.25, -0.2) is 4.98 Å². The summed E-state index contributed by atoms with van der Waals surface area (Å²) in [4.78, 5) is 4.37. The summed E-state index contributed by atoms with van der Waals surface area (Å²) in [5.41, 5.74) is 1.14. The number of hydrogen-bond acceptors (Lipinski definition) is 2. The van der Waals surface area contributed by atoms with Gasteiger partial charge in [-0.1, -0.05) is 41.5 Å². The van der Waals surface area contributed by atoms with Gasteiger partial charge in [0.25, 0.3) is 0 Å². The van der Waals surface area contributed by atoms with Crippen molar-refractivity contribution in [2.24, 2.45) is 0 Å². The lowest BCUT2D eigenvalue weighted by molar-refractivity contribution is 0.888. The molecule has 1 heterocycles. The van der Waals surface area contributed by atoms with Crippen molar-refractivity contribution in [3.8, 4) is 5.69 Å². The van der Waals surface area contributed by atoms with E-state index in [0.29, 0.717) is 5.25 Å². The number of thioether (sulfide) groups is 1. The van der Waals surface area contributed by atoms with Gasteiger partial charge < -0.3 is 0 Å². The van der Waals surface area contributed by atoms with Crippen molar-refractivity contribution in [3.63, 3.8) is 0 Å². The van der Waals surface area contributed by atoms with Crippen molar-refractivity contribution in [2.45, 2.75) is 24.3 Å². The van der Waals surface area contributed by atoms with Gasteiger partial charge in [0.15, 0.2) is 5.16 Å². The molecule has 0 unspecified atom stereocenters. The highest BCUT2D eigenvalue weighted by atomic mass is 79.9. The zero-order valence-corrected chi connectivity index (χ0v) is 11.6. The van der Waals surface area contributed by atoms with Crippen molar-refractivity contribution in [1.29, 1.82) is 0 Å². The van der Waals surface area contributed by atoms with E-state index in [9.17, 15) is 0 Å². The van der Waals surface area contributed by atoms with E-state index in [-0.39, 0.29) is 0 Å². The summed E-state index contributed by atoms with van der Waals surface area (Å²) in [5, 5.41) is 1.58. The molecule has 1 aromatic carbocycles. The van der Waals surface area contributed by atoms with Gasteiger partial charge in [-0.3, -0.25) is 4.57 Å². The molecule has 1 aromatic heterocycles. The first-order valence-corrected chi connectivity index (χ1v) is 6.80. The van der Waals surface area contributed by atoms with Crippen molar-refractivity contribution in [2.75, 3.05) is 0 Å². The molecule has 0 amide bonds. The first kappa shape index (κ1) is 11.7. The molecule has 0 aliphatic heterocycles. The zero-order valence-electron chi connectivity index (χ0n) is 9.22. The summed E-state index contributed by atoms with van der Waals surface area (Å²) in [6.07, 6.45) is 3.83. The molecule has 0 spiro atoms. The molecule has 84 valence electrons. The van der Waals surface area contributed by atoms with Crippen LogP contribution >= 0.6 is 27.7 Å². The van der Waals surface area contributed by atoms with Crippen LogP contribution in [0.2, 0.25) is 0 Å². The number of rotatable bonds is 3. The predicted octanol–water partition coefficient (Wildman–Crippen LogP) is 4.14. The molecule has 2 aromatic rings. The predicted molar refractivity (Wildman–Crippen MR) is 72.3 cm³/mol. The Kier molecular flexibility index (Phi) is 3.71. The summed E-state index contributed by atoms with van der Waals surface area (Å²) in [6.45, 7) is 4.34. The third kappa shape index (κ3) is 2.68. The minimum absolute atomic E-state index is 0.539. The van der Waals surface area contributed by atoms with Gasteiger partial charge in [0.05, 0.1) is 0 Å². The zero-order chi connectivity index (χ0) is 11.5. The van der Waals surface area contributed by atoms with Crippen molar-refractivity contribution in [3.05, 3.63) is 41.1 Å². The van der Waals surface area contributed by atoms with E-state index in [1.165, 1.54) is 0 Å². The van der Waals surface area contributed by atoms with Crippen molar-refractivity contribution < 1.29 is 0 Å². The van der Waals surface area contributed by atoms with E-state index < -0.39 is 0 Å². The smallest absolute Gasteiger partial charge is 0.172 e. The molecule has 16 heavy (non-hydrogen) atoms. The average Bonchev–Trinajstić information content (AvgIpc) is 2.66. The lowest BCUT2D eigenvalue weighted by Crippen LogP contribution is -1.97. The SMILES string of the molecule is CC(C)Sc1nccn1-c1ccc(Br)cc1.